The van der Waals surface area contributed by atoms with E-state index in [2.05, 4.69) is 66.3 Å². The predicted octanol–water partition coefficient (Wildman–Crippen LogP) is 5.54. The lowest BCUT2D eigenvalue weighted by Gasteiger charge is -2.20. The zero-order chi connectivity index (χ0) is 14.0. The molecule has 1 unspecified atom stereocenters. The number of alkyl halides is 1. The van der Waals surface area contributed by atoms with Crippen LogP contribution in [0.3, 0.4) is 0 Å². The Labute approximate surface area is 127 Å². The molecule has 0 N–H and O–H groups in total. The largest absolute Gasteiger partial charge is 0.496 e. The van der Waals surface area contributed by atoms with Crippen molar-refractivity contribution in [2.75, 3.05) is 7.11 Å². The van der Waals surface area contributed by atoms with Crippen molar-refractivity contribution in [3.63, 3.8) is 0 Å². The molecule has 0 radical (unpaired) electrons. The Kier molecular flexibility index (Phi) is 4.36. The second-order valence-corrected chi connectivity index (χ2v) is 7.45. The van der Waals surface area contributed by atoms with Gasteiger partial charge in [0, 0.05) is 0 Å². The molecule has 0 bridgehead atoms. The fourth-order valence-electron chi connectivity index (χ4n) is 1.97. The van der Waals surface area contributed by atoms with Crippen LogP contribution in [0.5, 0.6) is 5.75 Å². The van der Waals surface area contributed by atoms with Gasteiger partial charge in [-0.2, -0.15) is 0 Å². The monoisotopic (exact) mass is 338 g/mol. The van der Waals surface area contributed by atoms with E-state index < -0.39 is 0 Å². The van der Waals surface area contributed by atoms with Crippen molar-refractivity contribution in [1.29, 1.82) is 0 Å². The highest BCUT2D eigenvalue weighted by Gasteiger charge is 2.18. The van der Waals surface area contributed by atoms with Crippen molar-refractivity contribution in [3.05, 3.63) is 51.7 Å². The fourth-order valence-corrected chi connectivity index (χ4v) is 3.68. The Hall–Kier alpha value is -0.800. The summed E-state index contributed by atoms with van der Waals surface area (Å²) in [5.74, 6) is 0.951. The number of ether oxygens (including phenoxy) is 1. The minimum absolute atomic E-state index is 0.191. The third-order valence-electron chi connectivity index (χ3n) is 3.18. The second-order valence-electron chi connectivity index (χ2n) is 5.59. The van der Waals surface area contributed by atoms with Crippen molar-refractivity contribution in [2.24, 2.45) is 0 Å². The van der Waals surface area contributed by atoms with Crippen molar-refractivity contribution in [2.45, 2.75) is 31.0 Å². The summed E-state index contributed by atoms with van der Waals surface area (Å²) in [6.45, 7) is 6.70. The average Bonchev–Trinajstić information content (AvgIpc) is 2.85. The van der Waals surface area contributed by atoms with Gasteiger partial charge in [-0.25, -0.2) is 0 Å². The van der Waals surface area contributed by atoms with E-state index in [0.717, 1.165) is 5.75 Å². The molecule has 2 rings (SSSR count). The van der Waals surface area contributed by atoms with Crippen LogP contribution in [0, 0.1) is 0 Å². The molecule has 1 aromatic carbocycles. The van der Waals surface area contributed by atoms with E-state index in [4.69, 9.17) is 4.74 Å². The number of methoxy groups -OCH3 is 1. The molecule has 1 aromatic heterocycles. The standard InChI is InChI=1S/C16H19BrOS/c1-16(2,3)12-7-5-11(6-8-12)14(17)15-13(18-4)9-10-19-15/h5-10,14H,1-4H3. The van der Waals surface area contributed by atoms with Crippen LogP contribution in [0.15, 0.2) is 35.7 Å². The molecule has 1 heterocycles. The Morgan fingerprint density at radius 3 is 2.26 bits per heavy atom. The molecule has 0 saturated heterocycles. The van der Waals surface area contributed by atoms with E-state index in [0.29, 0.717) is 0 Å². The quantitative estimate of drug-likeness (QED) is 0.667. The van der Waals surface area contributed by atoms with Gasteiger partial charge in [0.25, 0.3) is 0 Å². The zero-order valence-corrected chi connectivity index (χ0v) is 14.1. The fraction of sp³-hybridized carbons (Fsp3) is 0.375. The minimum Gasteiger partial charge on any atom is -0.496 e. The Bertz CT molecular complexity index is 537. The molecule has 0 aliphatic heterocycles. The summed E-state index contributed by atoms with van der Waals surface area (Å²) in [4.78, 5) is 1.41. The van der Waals surface area contributed by atoms with Crippen molar-refractivity contribution in [1.82, 2.24) is 0 Å². The van der Waals surface area contributed by atoms with Crippen LogP contribution in [0.25, 0.3) is 0 Å². The second kappa shape index (κ2) is 5.68. The summed E-state index contributed by atoms with van der Waals surface area (Å²) in [6, 6.07) is 10.8. The maximum atomic E-state index is 5.39. The number of hydrogen-bond donors (Lipinski definition) is 0. The molecule has 0 spiro atoms. The molecule has 102 valence electrons. The highest BCUT2D eigenvalue weighted by atomic mass is 79.9. The number of benzene rings is 1. The van der Waals surface area contributed by atoms with Gasteiger partial charge in [-0.05, 0) is 28.0 Å². The molecule has 0 amide bonds. The smallest absolute Gasteiger partial charge is 0.134 e. The summed E-state index contributed by atoms with van der Waals surface area (Å²) in [6.07, 6.45) is 0. The topological polar surface area (TPSA) is 9.23 Å². The lowest BCUT2D eigenvalue weighted by Crippen LogP contribution is -2.10. The van der Waals surface area contributed by atoms with E-state index in [1.165, 1.54) is 16.0 Å². The summed E-state index contributed by atoms with van der Waals surface area (Å²) in [5, 5.41) is 2.06. The molecular formula is C16H19BrOS. The van der Waals surface area contributed by atoms with Crippen LogP contribution < -0.4 is 4.74 Å². The van der Waals surface area contributed by atoms with E-state index in [9.17, 15) is 0 Å². The molecule has 1 atom stereocenters. The maximum absolute atomic E-state index is 5.39. The predicted molar refractivity (Wildman–Crippen MR) is 86.8 cm³/mol. The Morgan fingerprint density at radius 2 is 1.74 bits per heavy atom. The molecule has 3 heteroatoms. The first-order valence-electron chi connectivity index (χ1n) is 6.29. The summed E-state index contributed by atoms with van der Waals surface area (Å²) in [5.41, 5.74) is 2.81. The molecule has 0 fully saturated rings. The van der Waals surface area contributed by atoms with Crippen LogP contribution in [-0.2, 0) is 5.41 Å². The first kappa shape index (κ1) is 14.6. The number of halogens is 1. The van der Waals surface area contributed by atoms with Gasteiger partial charge in [-0.1, -0.05) is 61.0 Å². The van der Waals surface area contributed by atoms with Gasteiger partial charge in [-0.15, -0.1) is 11.3 Å². The summed E-state index contributed by atoms with van der Waals surface area (Å²) >= 11 is 5.49. The van der Waals surface area contributed by atoms with Gasteiger partial charge in [0.2, 0.25) is 0 Å². The molecule has 0 aliphatic carbocycles. The lowest BCUT2D eigenvalue weighted by molar-refractivity contribution is 0.413. The van der Waals surface area contributed by atoms with E-state index in [-0.39, 0.29) is 10.2 Å². The molecule has 1 nitrogen and oxygen atoms in total. The Morgan fingerprint density at radius 1 is 1.11 bits per heavy atom. The molecule has 19 heavy (non-hydrogen) atoms. The molecular weight excluding hydrogens is 320 g/mol. The van der Waals surface area contributed by atoms with Crippen LogP contribution >= 0.6 is 27.3 Å². The van der Waals surface area contributed by atoms with Crippen molar-refractivity contribution in [3.8, 4) is 5.75 Å². The van der Waals surface area contributed by atoms with Gasteiger partial charge >= 0.3 is 0 Å². The van der Waals surface area contributed by atoms with Crippen LogP contribution in [0.1, 0.15) is 41.6 Å². The third-order valence-corrected chi connectivity index (χ3v) is 5.43. The van der Waals surface area contributed by atoms with Crippen molar-refractivity contribution < 1.29 is 4.74 Å². The van der Waals surface area contributed by atoms with Gasteiger partial charge in [0.1, 0.15) is 5.75 Å². The first-order chi connectivity index (χ1) is 8.93. The number of thiophene rings is 1. The van der Waals surface area contributed by atoms with Crippen molar-refractivity contribution >= 4 is 27.3 Å². The third kappa shape index (κ3) is 3.21. The maximum Gasteiger partial charge on any atom is 0.134 e. The highest BCUT2D eigenvalue weighted by molar-refractivity contribution is 9.09. The Balaban J connectivity index is 2.28. The molecule has 0 saturated carbocycles. The zero-order valence-electron chi connectivity index (χ0n) is 11.7. The van der Waals surface area contributed by atoms with Gasteiger partial charge < -0.3 is 4.74 Å². The van der Waals surface area contributed by atoms with E-state index >= 15 is 0 Å². The van der Waals surface area contributed by atoms with Gasteiger partial charge in [-0.3, -0.25) is 0 Å². The molecule has 2 aromatic rings. The highest BCUT2D eigenvalue weighted by Crippen LogP contribution is 2.40. The van der Waals surface area contributed by atoms with Gasteiger partial charge in [0.05, 0.1) is 16.8 Å². The van der Waals surface area contributed by atoms with Crippen LogP contribution in [-0.4, -0.2) is 7.11 Å². The van der Waals surface area contributed by atoms with E-state index in [1.54, 1.807) is 18.4 Å². The van der Waals surface area contributed by atoms with Crippen LogP contribution in [0.4, 0.5) is 0 Å². The summed E-state index contributed by atoms with van der Waals surface area (Å²) in [7, 11) is 1.72. The van der Waals surface area contributed by atoms with E-state index in [1.807, 2.05) is 6.07 Å². The number of hydrogen-bond acceptors (Lipinski definition) is 2. The summed E-state index contributed by atoms with van der Waals surface area (Å²) < 4.78 is 5.39. The number of rotatable bonds is 3. The normalized spacial score (nSPS) is 13.3. The average molecular weight is 339 g/mol. The minimum atomic E-state index is 0.191. The lowest BCUT2D eigenvalue weighted by atomic mass is 9.86. The van der Waals surface area contributed by atoms with Crippen LogP contribution in [0.2, 0.25) is 0 Å². The first-order valence-corrected chi connectivity index (χ1v) is 8.09. The SMILES string of the molecule is COc1ccsc1C(Br)c1ccc(C(C)(C)C)cc1. The van der Waals surface area contributed by atoms with Gasteiger partial charge in [0.15, 0.2) is 0 Å². The molecule has 0 aliphatic rings.